The van der Waals surface area contributed by atoms with Crippen LogP contribution in [0.2, 0.25) is 0 Å². The summed E-state index contributed by atoms with van der Waals surface area (Å²) in [5.74, 6) is 0. The van der Waals surface area contributed by atoms with E-state index >= 15 is 0 Å². The summed E-state index contributed by atoms with van der Waals surface area (Å²) in [6, 6.07) is 23.0. The van der Waals surface area contributed by atoms with Gasteiger partial charge in [0.15, 0.2) is 5.11 Å². The van der Waals surface area contributed by atoms with Gasteiger partial charge in [0.2, 0.25) is 0 Å². The van der Waals surface area contributed by atoms with Crippen LogP contribution in [0.3, 0.4) is 0 Å². The highest BCUT2D eigenvalue weighted by Crippen LogP contribution is 2.43. The minimum Gasteiger partial charge on any atom is -0.351 e. The van der Waals surface area contributed by atoms with Gasteiger partial charge in [-0.2, -0.15) is 0 Å². The van der Waals surface area contributed by atoms with Gasteiger partial charge in [0.1, 0.15) is 0 Å². The Kier molecular flexibility index (Phi) is 6.99. The smallest absolute Gasteiger partial charge is 0.269 e. The minimum atomic E-state index is -0.386. The summed E-state index contributed by atoms with van der Waals surface area (Å²) < 4.78 is 2.33. The van der Waals surface area contributed by atoms with E-state index in [2.05, 4.69) is 70.9 Å². The number of pyridine rings is 1. The van der Waals surface area contributed by atoms with Gasteiger partial charge in [-0.15, -0.1) is 0 Å². The number of rotatable bonds is 7. The van der Waals surface area contributed by atoms with Gasteiger partial charge in [-0.25, -0.2) is 0 Å². The molecule has 2 atom stereocenters. The molecule has 2 aromatic heterocycles. The van der Waals surface area contributed by atoms with Crippen LogP contribution >= 0.6 is 24.0 Å². The summed E-state index contributed by atoms with van der Waals surface area (Å²) in [5.41, 5.74) is 5.71. The Bertz CT molecular complexity index is 1440. The maximum Gasteiger partial charge on any atom is 0.269 e. The number of thiocarbonyl (C=S) groups is 1. The van der Waals surface area contributed by atoms with Gasteiger partial charge in [-0.05, 0) is 93.1 Å². The number of nitro benzene ring substituents is 1. The number of nitrogens with one attached hydrogen (secondary N) is 1. The number of benzene rings is 2. The van der Waals surface area contributed by atoms with E-state index in [1.165, 1.54) is 29.1 Å². The molecule has 7 nitrogen and oxygen atoms in total. The fourth-order valence-corrected chi connectivity index (χ4v) is 6.17. The molecule has 3 heterocycles. The molecule has 2 aromatic carbocycles. The number of nitro groups is 1. The number of hydrogen-bond acceptors (Lipinski definition) is 5. The Hall–Kier alpha value is -3.69. The molecular weight excluding hydrogens is 502 g/mol. The maximum atomic E-state index is 10.9. The standard InChI is InChI=1S/C28H27N5O2S2/c1-4-31-18(2)17-24(19(31)3)27-26(25-7-5-6-16-29-25)30-28(36)32(27)20-8-12-22(13-9-20)37-23-14-10-21(11-15-23)33(34)35/h5-17,26-27H,4H2,1-3H3,(H,30,36)/t26-,27+/m1/s1. The molecule has 1 aliphatic heterocycles. The van der Waals surface area contributed by atoms with Gasteiger partial charge in [-0.3, -0.25) is 15.1 Å². The van der Waals surface area contributed by atoms with Gasteiger partial charge in [0.25, 0.3) is 5.69 Å². The van der Waals surface area contributed by atoms with E-state index in [4.69, 9.17) is 12.2 Å². The Morgan fingerprint density at radius 3 is 2.30 bits per heavy atom. The molecule has 5 rings (SSSR count). The zero-order valence-electron chi connectivity index (χ0n) is 20.8. The van der Waals surface area contributed by atoms with E-state index in [0.29, 0.717) is 5.11 Å². The van der Waals surface area contributed by atoms with E-state index in [-0.39, 0.29) is 22.7 Å². The predicted molar refractivity (Wildman–Crippen MR) is 151 cm³/mol. The minimum absolute atomic E-state index is 0.0536. The summed E-state index contributed by atoms with van der Waals surface area (Å²) in [7, 11) is 0. The van der Waals surface area contributed by atoms with Crippen LogP contribution in [-0.4, -0.2) is 19.6 Å². The van der Waals surface area contributed by atoms with Crippen molar-refractivity contribution in [1.82, 2.24) is 14.9 Å². The molecule has 0 saturated carbocycles. The van der Waals surface area contributed by atoms with Crippen molar-refractivity contribution >= 4 is 40.5 Å². The van der Waals surface area contributed by atoms with Crippen molar-refractivity contribution in [1.29, 1.82) is 0 Å². The van der Waals surface area contributed by atoms with Crippen LogP contribution in [0.1, 0.15) is 41.7 Å². The molecule has 0 bridgehead atoms. The van der Waals surface area contributed by atoms with Crippen molar-refractivity contribution in [2.45, 2.75) is 49.2 Å². The van der Waals surface area contributed by atoms with Crippen LogP contribution < -0.4 is 10.2 Å². The SMILES string of the molecule is CCn1c(C)cc([C@H]2[C@@H](c3ccccn3)NC(=S)N2c2ccc(Sc3ccc([N+](=O)[O-])cc3)cc2)c1C. The van der Waals surface area contributed by atoms with E-state index in [9.17, 15) is 10.1 Å². The van der Waals surface area contributed by atoms with E-state index < -0.39 is 0 Å². The normalized spacial score (nSPS) is 17.2. The van der Waals surface area contributed by atoms with Crippen LogP contribution in [0.5, 0.6) is 0 Å². The van der Waals surface area contributed by atoms with Crippen molar-refractivity contribution in [3.63, 3.8) is 0 Å². The molecule has 0 unspecified atom stereocenters. The average Bonchev–Trinajstić information content (AvgIpc) is 3.39. The Labute approximate surface area is 225 Å². The lowest BCUT2D eigenvalue weighted by Gasteiger charge is -2.28. The zero-order chi connectivity index (χ0) is 26.1. The van der Waals surface area contributed by atoms with Gasteiger partial charge in [0, 0.05) is 51.7 Å². The van der Waals surface area contributed by atoms with Crippen molar-refractivity contribution in [3.8, 4) is 0 Å². The topological polar surface area (TPSA) is 76.2 Å². The molecule has 37 heavy (non-hydrogen) atoms. The van der Waals surface area contributed by atoms with Crippen LogP contribution in [0.15, 0.2) is 88.8 Å². The summed E-state index contributed by atoms with van der Waals surface area (Å²) in [6.07, 6.45) is 1.82. The number of hydrogen-bond donors (Lipinski definition) is 1. The second-order valence-corrected chi connectivity index (χ2v) is 10.4. The van der Waals surface area contributed by atoms with E-state index in [0.717, 1.165) is 27.7 Å². The first kappa shape index (κ1) is 25.0. The largest absolute Gasteiger partial charge is 0.351 e. The molecule has 0 radical (unpaired) electrons. The van der Waals surface area contributed by atoms with Crippen molar-refractivity contribution in [2.75, 3.05) is 4.90 Å². The highest BCUT2D eigenvalue weighted by molar-refractivity contribution is 7.99. The van der Waals surface area contributed by atoms with Crippen LogP contribution in [0.4, 0.5) is 11.4 Å². The number of nitrogens with zero attached hydrogens (tertiary/aromatic N) is 4. The molecule has 1 aliphatic rings. The van der Waals surface area contributed by atoms with Gasteiger partial charge in [-0.1, -0.05) is 17.8 Å². The second-order valence-electron chi connectivity index (χ2n) is 8.91. The van der Waals surface area contributed by atoms with E-state index in [1.807, 2.05) is 24.4 Å². The zero-order valence-corrected chi connectivity index (χ0v) is 22.4. The lowest BCUT2D eigenvalue weighted by Crippen LogP contribution is -2.29. The van der Waals surface area contributed by atoms with Crippen LogP contribution in [0, 0.1) is 24.0 Å². The highest BCUT2D eigenvalue weighted by Gasteiger charge is 2.42. The molecular formula is C28H27N5O2S2. The van der Waals surface area contributed by atoms with Gasteiger partial charge >= 0.3 is 0 Å². The third-order valence-corrected chi connectivity index (χ3v) is 8.07. The van der Waals surface area contributed by atoms with E-state index in [1.54, 1.807) is 23.9 Å². The first-order valence-corrected chi connectivity index (χ1v) is 13.3. The van der Waals surface area contributed by atoms with Crippen molar-refractivity contribution in [3.05, 3.63) is 112 Å². The molecule has 0 spiro atoms. The monoisotopic (exact) mass is 529 g/mol. The predicted octanol–water partition coefficient (Wildman–Crippen LogP) is 6.76. The second kappa shape index (κ2) is 10.4. The summed E-state index contributed by atoms with van der Waals surface area (Å²) >= 11 is 7.44. The molecule has 0 amide bonds. The third kappa shape index (κ3) is 4.84. The first-order valence-electron chi connectivity index (χ1n) is 12.1. The lowest BCUT2D eigenvalue weighted by molar-refractivity contribution is -0.384. The van der Waals surface area contributed by atoms with Crippen molar-refractivity contribution < 1.29 is 4.92 Å². The molecule has 0 aliphatic carbocycles. The quantitative estimate of drug-likeness (QED) is 0.161. The molecule has 1 saturated heterocycles. The van der Waals surface area contributed by atoms with Crippen LogP contribution in [-0.2, 0) is 6.54 Å². The Morgan fingerprint density at radius 1 is 1.05 bits per heavy atom. The number of non-ortho nitro benzene ring substituents is 1. The fourth-order valence-electron chi connectivity index (χ4n) is 5.01. The molecule has 9 heteroatoms. The molecule has 1 N–H and O–H groups in total. The first-order chi connectivity index (χ1) is 17.9. The Balaban J connectivity index is 1.48. The summed E-state index contributed by atoms with van der Waals surface area (Å²) in [5, 5.41) is 15.1. The molecule has 1 fully saturated rings. The van der Waals surface area contributed by atoms with Gasteiger partial charge in [0.05, 0.1) is 22.7 Å². The molecule has 4 aromatic rings. The maximum absolute atomic E-state index is 10.9. The summed E-state index contributed by atoms with van der Waals surface area (Å²) in [6.45, 7) is 7.39. The average molecular weight is 530 g/mol. The Morgan fingerprint density at radius 2 is 1.73 bits per heavy atom. The molecule has 188 valence electrons. The highest BCUT2D eigenvalue weighted by atomic mass is 32.2. The number of aryl methyl sites for hydroxylation is 1. The van der Waals surface area contributed by atoms with Crippen LogP contribution in [0.25, 0.3) is 0 Å². The third-order valence-electron chi connectivity index (χ3n) is 6.74. The van der Waals surface area contributed by atoms with Crippen molar-refractivity contribution in [2.24, 2.45) is 0 Å². The fraction of sp³-hybridized carbons (Fsp3) is 0.214. The summed E-state index contributed by atoms with van der Waals surface area (Å²) in [4.78, 5) is 19.4. The number of anilines is 1. The lowest BCUT2D eigenvalue weighted by atomic mass is 9.96. The van der Waals surface area contributed by atoms with Gasteiger partial charge < -0.3 is 14.8 Å². The number of aromatic nitrogens is 2.